The molecule has 0 fully saturated rings. The number of fused-ring (bicyclic) bond motifs is 2. The van der Waals surface area contributed by atoms with E-state index in [1.807, 2.05) is 32.0 Å². The standard InChI is InChI=1S/C19H21ClN4O2/c1-11(2)17-22-16-14(5-6-21-19(16)25)18(23-17)24-7-8-26-15-4-3-13(20)9-12(15)10-24/h3-4,9,11H,5-8,10H2,1-2H3,(H,21,25). The first kappa shape index (κ1) is 17.1. The number of amides is 1. The van der Waals surface area contributed by atoms with Gasteiger partial charge in [-0.2, -0.15) is 0 Å². The van der Waals surface area contributed by atoms with Crippen molar-refractivity contribution < 1.29 is 9.53 Å². The largest absolute Gasteiger partial charge is 0.491 e. The van der Waals surface area contributed by atoms with Crippen molar-refractivity contribution in [1.82, 2.24) is 15.3 Å². The van der Waals surface area contributed by atoms with Crippen LogP contribution in [0.4, 0.5) is 5.82 Å². The zero-order valence-electron chi connectivity index (χ0n) is 14.9. The molecule has 2 aliphatic heterocycles. The summed E-state index contributed by atoms with van der Waals surface area (Å²) in [5.74, 6) is 2.39. The zero-order valence-corrected chi connectivity index (χ0v) is 15.6. The molecule has 1 N–H and O–H groups in total. The second-order valence-corrected chi connectivity index (χ2v) is 7.35. The number of anilines is 1. The molecule has 7 heteroatoms. The predicted octanol–water partition coefficient (Wildman–Crippen LogP) is 2.94. The van der Waals surface area contributed by atoms with E-state index in [1.165, 1.54) is 0 Å². The Hall–Kier alpha value is -2.34. The molecule has 2 aliphatic rings. The summed E-state index contributed by atoms with van der Waals surface area (Å²) in [6.45, 7) is 6.56. The van der Waals surface area contributed by atoms with Crippen molar-refractivity contribution in [2.75, 3.05) is 24.6 Å². The Bertz CT molecular complexity index is 869. The molecule has 0 atom stereocenters. The third kappa shape index (κ3) is 3.09. The van der Waals surface area contributed by atoms with Gasteiger partial charge >= 0.3 is 0 Å². The van der Waals surface area contributed by atoms with Crippen LogP contribution < -0.4 is 15.0 Å². The van der Waals surface area contributed by atoms with Gasteiger partial charge in [0.15, 0.2) is 0 Å². The van der Waals surface area contributed by atoms with Gasteiger partial charge in [-0.05, 0) is 24.6 Å². The van der Waals surface area contributed by atoms with E-state index in [2.05, 4.69) is 15.2 Å². The molecular weight excluding hydrogens is 352 g/mol. The SMILES string of the molecule is CC(C)c1nc2c(c(N3CCOc4ccc(Cl)cc4C3)n1)CCNC2=O. The number of carbonyl (C=O) groups is 1. The fraction of sp³-hybridized carbons (Fsp3) is 0.421. The summed E-state index contributed by atoms with van der Waals surface area (Å²) in [7, 11) is 0. The molecule has 0 bridgehead atoms. The lowest BCUT2D eigenvalue weighted by Gasteiger charge is -2.27. The van der Waals surface area contributed by atoms with E-state index in [9.17, 15) is 4.79 Å². The number of rotatable bonds is 2. The Balaban J connectivity index is 1.80. The van der Waals surface area contributed by atoms with Gasteiger partial charge in [0.1, 0.15) is 29.7 Å². The van der Waals surface area contributed by atoms with Gasteiger partial charge < -0.3 is 15.0 Å². The topological polar surface area (TPSA) is 67.3 Å². The van der Waals surface area contributed by atoms with Crippen LogP contribution in [-0.4, -0.2) is 35.6 Å². The maximum atomic E-state index is 12.3. The summed E-state index contributed by atoms with van der Waals surface area (Å²) in [5.41, 5.74) is 2.44. The summed E-state index contributed by atoms with van der Waals surface area (Å²) in [6, 6.07) is 5.67. The molecule has 1 aromatic carbocycles. The Kier molecular flexibility index (Phi) is 4.44. The minimum absolute atomic E-state index is 0.119. The van der Waals surface area contributed by atoms with Gasteiger partial charge in [0.25, 0.3) is 5.91 Å². The highest BCUT2D eigenvalue weighted by Crippen LogP contribution is 2.31. The first-order valence-electron chi connectivity index (χ1n) is 8.88. The number of carbonyl (C=O) groups excluding carboxylic acids is 1. The first-order valence-corrected chi connectivity index (χ1v) is 9.26. The number of halogens is 1. The van der Waals surface area contributed by atoms with Crippen molar-refractivity contribution in [2.45, 2.75) is 32.7 Å². The lowest BCUT2D eigenvalue weighted by Crippen LogP contribution is -2.36. The third-order valence-corrected chi connectivity index (χ3v) is 4.93. The second kappa shape index (κ2) is 6.76. The second-order valence-electron chi connectivity index (χ2n) is 6.92. The molecule has 2 aromatic rings. The average molecular weight is 373 g/mol. The van der Waals surface area contributed by atoms with Crippen LogP contribution in [0.3, 0.4) is 0 Å². The van der Waals surface area contributed by atoms with Gasteiger partial charge in [-0.1, -0.05) is 25.4 Å². The molecule has 1 amide bonds. The van der Waals surface area contributed by atoms with E-state index in [4.69, 9.17) is 21.3 Å². The summed E-state index contributed by atoms with van der Waals surface area (Å²) >= 11 is 6.17. The molecule has 1 aromatic heterocycles. The number of ether oxygens (including phenoxy) is 1. The zero-order chi connectivity index (χ0) is 18.3. The van der Waals surface area contributed by atoms with Crippen molar-refractivity contribution in [3.8, 4) is 5.75 Å². The van der Waals surface area contributed by atoms with Crippen molar-refractivity contribution in [3.05, 3.63) is 45.9 Å². The monoisotopic (exact) mass is 372 g/mol. The number of hydrogen-bond acceptors (Lipinski definition) is 5. The van der Waals surface area contributed by atoms with E-state index >= 15 is 0 Å². The third-order valence-electron chi connectivity index (χ3n) is 4.70. The normalized spacial score (nSPS) is 16.5. The average Bonchev–Trinajstić information content (AvgIpc) is 2.83. The molecule has 4 rings (SSSR count). The highest BCUT2D eigenvalue weighted by molar-refractivity contribution is 6.30. The van der Waals surface area contributed by atoms with E-state index < -0.39 is 0 Å². The summed E-state index contributed by atoms with van der Waals surface area (Å²) in [4.78, 5) is 23.9. The van der Waals surface area contributed by atoms with E-state index in [1.54, 1.807) is 0 Å². The molecule has 3 heterocycles. The molecule has 0 saturated heterocycles. The Labute approximate surface area is 157 Å². The van der Waals surface area contributed by atoms with Crippen LogP contribution in [0.15, 0.2) is 18.2 Å². The smallest absolute Gasteiger partial charge is 0.270 e. The van der Waals surface area contributed by atoms with Gasteiger partial charge in [0, 0.05) is 35.2 Å². The molecule has 0 spiro atoms. The lowest BCUT2D eigenvalue weighted by atomic mass is 10.0. The molecule has 0 unspecified atom stereocenters. The number of aromatic nitrogens is 2. The number of nitrogens with one attached hydrogen (secondary N) is 1. The fourth-order valence-electron chi connectivity index (χ4n) is 3.36. The molecule has 26 heavy (non-hydrogen) atoms. The molecule has 0 aliphatic carbocycles. The van der Waals surface area contributed by atoms with Gasteiger partial charge in [-0.25, -0.2) is 9.97 Å². The lowest BCUT2D eigenvalue weighted by molar-refractivity contribution is 0.0940. The van der Waals surface area contributed by atoms with E-state index in [0.717, 1.165) is 29.1 Å². The summed E-state index contributed by atoms with van der Waals surface area (Å²) in [5, 5.41) is 3.56. The first-order chi connectivity index (χ1) is 12.5. The maximum absolute atomic E-state index is 12.3. The van der Waals surface area contributed by atoms with Gasteiger partial charge in [0.2, 0.25) is 0 Å². The van der Waals surface area contributed by atoms with Crippen LogP contribution in [-0.2, 0) is 13.0 Å². The van der Waals surface area contributed by atoms with Crippen molar-refractivity contribution >= 4 is 23.3 Å². The van der Waals surface area contributed by atoms with Crippen LogP contribution in [0.25, 0.3) is 0 Å². The molecule has 6 nitrogen and oxygen atoms in total. The van der Waals surface area contributed by atoms with Crippen LogP contribution in [0.5, 0.6) is 5.75 Å². The van der Waals surface area contributed by atoms with Crippen molar-refractivity contribution in [1.29, 1.82) is 0 Å². The van der Waals surface area contributed by atoms with Gasteiger partial charge in [0.05, 0.1) is 6.54 Å². The highest BCUT2D eigenvalue weighted by Gasteiger charge is 2.28. The fourth-order valence-corrected chi connectivity index (χ4v) is 3.55. The van der Waals surface area contributed by atoms with E-state index in [0.29, 0.717) is 42.8 Å². The number of hydrogen-bond donors (Lipinski definition) is 1. The van der Waals surface area contributed by atoms with Crippen molar-refractivity contribution in [3.63, 3.8) is 0 Å². The minimum Gasteiger partial charge on any atom is -0.491 e. The van der Waals surface area contributed by atoms with Crippen molar-refractivity contribution in [2.24, 2.45) is 0 Å². The molecule has 0 radical (unpaired) electrons. The Morgan fingerprint density at radius 3 is 2.96 bits per heavy atom. The van der Waals surface area contributed by atoms with Crippen LogP contribution in [0.1, 0.15) is 47.2 Å². The quantitative estimate of drug-likeness (QED) is 0.877. The molecular formula is C19H21ClN4O2. The molecule has 0 saturated carbocycles. The Morgan fingerprint density at radius 2 is 2.15 bits per heavy atom. The predicted molar refractivity (Wildman–Crippen MR) is 100 cm³/mol. The molecule has 136 valence electrons. The van der Waals surface area contributed by atoms with Crippen LogP contribution >= 0.6 is 11.6 Å². The number of benzene rings is 1. The highest BCUT2D eigenvalue weighted by atomic mass is 35.5. The maximum Gasteiger partial charge on any atom is 0.270 e. The van der Waals surface area contributed by atoms with Gasteiger partial charge in [-0.3, -0.25) is 4.79 Å². The minimum atomic E-state index is -0.119. The van der Waals surface area contributed by atoms with Crippen LogP contribution in [0, 0.1) is 0 Å². The summed E-state index contributed by atoms with van der Waals surface area (Å²) < 4.78 is 5.88. The Morgan fingerprint density at radius 1 is 1.31 bits per heavy atom. The van der Waals surface area contributed by atoms with Crippen LogP contribution in [0.2, 0.25) is 5.02 Å². The van der Waals surface area contributed by atoms with Gasteiger partial charge in [-0.15, -0.1) is 0 Å². The van der Waals surface area contributed by atoms with E-state index in [-0.39, 0.29) is 11.8 Å². The number of nitrogens with zero attached hydrogens (tertiary/aromatic N) is 3. The summed E-state index contributed by atoms with van der Waals surface area (Å²) in [6.07, 6.45) is 0.731.